The lowest BCUT2D eigenvalue weighted by molar-refractivity contribution is 0.263. The fourth-order valence-corrected chi connectivity index (χ4v) is 7.92. The molecule has 6 nitrogen and oxygen atoms in total. The van der Waals surface area contributed by atoms with Crippen molar-refractivity contribution in [3.8, 4) is 0 Å². The van der Waals surface area contributed by atoms with Gasteiger partial charge in [0.05, 0.1) is 0 Å². The maximum atomic E-state index is 3.89. The summed E-state index contributed by atoms with van der Waals surface area (Å²) in [4.78, 5) is 8.33. The van der Waals surface area contributed by atoms with Gasteiger partial charge >= 0.3 is 0 Å². The van der Waals surface area contributed by atoms with Gasteiger partial charge in [0.25, 0.3) is 0 Å². The predicted octanol–water partition coefficient (Wildman–Crippen LogP) is 3.71. The van der Waals surface area contributed by atoms with E-state index in [1.807, 2.05) is 0 Å². The number of nitrogens with one attached hydrogen (secondary N) is 3. The van der Waals surface area contributed by atoms with Crippen LogP contribution in [0.1, 0.15) is 19.3 Å². The van der Waals surface area contributed by atoms with Gasteiger partial charge in [0, 0.05) is 92.6 Å². The molecule has 4 heterocycles. The first-order valence-corrected chi connectivity index (χ1v) is 15.0. The zero-order valence-corrected chi connectivity index (χ0v) is 22.8. The third-order valence-electron chi connectivity index (χ3n) is 9.44. The summed E-state index contributed by atoms with van der Waals surface area (Å²) in [5, 5.41) is 11.7. The summed E-state index contributed by atoms with van der Waals surface area (Å²) in [6, 6.07) is 36.3. The highest BCUT2D eigenvalue weighted by Crippen LogP contribution is 2.35. The van der Waals surface area contributed by atoms with Crippen molar-refractivity contribution in [3.05, 3.63) is 91.0 Å². The van der Waals surface area contributed by atoms with Crippen LogP contribution in [0.15, 0.2) is 91.0 Å². The molecule has 4 aliphatic rings. The second-order valence-electron chi connectivity index (χ2n) is 11.8. The van der Waals surface area contributed by atoms with Crippen LogP contribution in [-0.4, -0.2) is 75.5 Å². The van der Waals surface area contributed by atoms with Crippen LogP contribution in [0, 0.1) is 0 Å². The lowest BCUT2D eigenvalue weighted by atomic mass is 9.88. The fourth-order valence-electron chi connectivity index (χ4n) is 7.92. The average Bonchev–Trinajstić information content (AvgIpc) is 3.00. The molecule has 4 fully saturated rings. The third-order valence-corrected chi connectivity index (χ3v) is 9.44. The molecule has 39 heavy (non-hydrogen) atoms. The topological polar surface area (TPSA) is 45.8 Å². The van der Waals surface area contributed by atoms with Gasteiger partial charge in [-0.15, -0.1) is 0 Å². The summed E-state index contributed by atoms with van der Waals surface area (Å²) in [5.74, 6) is 0. The number of para-hydroxylation sites is 3. The van der Waals surface area contributed by atoms with Crippen molar-refractivity contribution in [1.82, 2.24) is 16.0 Å². The molecule has 0 radical (unpaired) electrons. The van der Waals surface area contributed by atoms with Crippen molar-refractivity contribution in [3.63, 3.8) is 0 Å². The zero-order valence-electron chi connectivity index (χ0n) is 22.8. The van der Waals surface area contributed by atoms with E-state index in [4.69, 9.17) is 0 Å². The van der Waals surface area contributed by atoms with Crippen molar-refractivity contribution in [1.29, 1.82) is 0 Å². The van der Waals surface area contributed by atoms with Gasteiger partial charge < -0.3 is 30.7 Å². The molecule has 6 bridgehead atoms. The van der Waals surface area contributed by atoms with Crippen LogP contribution < -0.4 is 30.7 Å². The largest absolute Gasteiger partial charge is 0.363 e. The number of nitrogens with zero attached hydrogens (tertiary/aromatic N) is 3. The van der Waals surface area contributed by atoms with Gasteiger partial charge in [0.15, 0.2) is 0 Å². The lowest BCUT2D eigenvalue weighted by Crippen LogP contribution is -2.68. The van der Waals surface area contributed by atoms with Gasteiger partial charge in [-0.25, -0.2) is 0 Å². The highest BCUT2D eigenvalue weighted by Gasteiger charge is 2.42. The molecule has 6 unspecified atom stereocenters. The summed E-state index contributed by atoms with van der Waals surface area (Å²) in [5.41, 5.74) is 4.07. The minimum Gasteiger partial charge on any atom is -0.363 e. The SMILES string of the molecule is c1ccc(N2C3CNCC(C3)N(c3ccccc3)C3CNCC(C3)N(c3ccccc3)C3CNCC2C3)cc1. The summed E-state index contributed by atoms with van der Waals surface area (Å²) in [7, 11) is 0. The second kappa shape index (κ2) is 11.2. The standard InChI is InChI=1S/C33H42N6/c1-4-10-25(11-5-1)37-28-16-30(21-34-19-28)38(26-12-6-2-7-13-26)32-18-33(24-36-23-32)39(27-14-8-3-9-15-27)31-17-29(37)20-35-22-31/h1-15,28-36H,16-24H2. The monoisotopic (exact) mass is 522 g/mol. The van der Waals surface area contributed by atoms with E-state index in [1.165, 1.54) is 36.3 Å². The van der Waals surface area contributed by atoms with E-state index < -0.39 is 0 Å². The quantitative estimate of drug-likeness (QED) is 0.488. The van der Waals surface area contributed by atoms with Crippen molar-refractivity contribution in [2.75, 3.05) is 54.0 Å². The molecule has 0 amide bonds. The molecule has 6 atom stereocenters. The van der Waals surface area contributed by atoms with Gasteiger partial charge in [-0.3, -0.25) is 0 Å². The highest BCUT2D eigenvalue weighted by molar-refractivity contribution is 5.54. The summed E-state index contributed by atoms with van der Waals surface area (Å²) in [6.07, 6.45) is 3.50. The van der Waals surface area contributed by atoms with Crippen LogP contribution in [0.2, 0.25) is 0 Å². The smallest absolute Gasteiger partial charge is 0.0438 e. The van der Waals surface area contributed by atoms with Crippen LogP contribution in [0.3, 0.4) is 0 Å². The van der Waals surface area contributed by atoms with Crippen LogP contribution in [0.5, 0.6) is 0 Å². The third kappa shape index (κ3) is 5.02. The minimum atomic E-state index is 0.444. The lowest BCUT2D eigenvalue weighted by Gasteiger charge is -2.54. The Morgan fingerprint density at radius 1 is 0.359 bits per heavy atom. The first-order chi connectivity index (χ1) is 19.3. The van der Waals surface area contributed by atoms with Crippen molar-refractivity contribution in [2.45, 2.75) is 55.5 Å². The van der Waals surface area contributed by atoms with Crippen LogP contribution in [0.25, 0.3) is 0 Å². The first-order valence-electron chi connectivity index (χ1n) is 15.0. The average molecular weight is 523 g/mol. The Hall–Kier alpha value is -3.06. The molecule has 0 spiro atoms. The Morgan fingerprint density at radius 3 is 0.821 bits per heavy atom. The van der Waals surface area contributed by atoms with Crippen molar-refractivity contribution < 1.29 is 0 Å². The van der Waals surface area contributed by atoms with Gasteiger partial charge in [-0.2, -0.15) is 0 Å². The van der Waals surface area contributed by atoms with E-state index in [-0.39, 0.29) is 0 Å². The number of hydrogen-bond donors (Lipinski definition) is 3. The minimum absolute atomic E-state index is 0.444. The molecule has 0 saturated carbocycles. The number of rotatable bonds is 3. The molecule has 204 valence electrons. The highest BCUT2D eigenvalue weighted by atomic mass is 15.3. The molecule has 3 aromatic carbocycles. The maximum absolute atomic E-state index is 3.89. The Morgan fingerprint density at radius 2 is 0.590 bits per heavy atom. The van der Waals surface area contributed by atoms with Crippen LogP contribution in [-0.2, 0) is 0 Å². The van der Waals surface area contributed by atoms with Crippen LogP contribution >= 0.6 is 0 Å². The number of anilines is 3. The van der Waals surface area contributed by atoms with Crippen molar-refractivity contribution in [2.24, 2.45) is 0 Å². The molecule has 3 N–H and O–H groups in total. The molecule has 7 rings (SSSR count). The van der Waals surface area contributed by atoms with E-state index in [9.17, 15) is 0 Å². The zero-order chi connectivity index (χ0) is 26.0. The van der Waals surface area contributed by atoms with Gasteiger partial charge in [-0.05, 0) is 55.7 Å². The normalized spacial score (nSPS) is 31.2. The maximum Gasteiger partial charge on any atom is 0.0438 e. The molecule has 3 aromatic rings. The molecule has 4 saturated heterocycles. The summed E-state index contributed by atoms with van der Waals surface area (Å²) in [6.45, 7) is 6.19. The Labute approximate surface area is 233 Å². The number of piperidine rings is 3. The molecule has 0 aliphatic carbocycles. The summed E-state index contributed by atoms with van der Waals surface area (Å²) < 4.78 is 0. The molecule has 0 aromatic heterocycles. The Kier molecular flexibility index (Phi) is 7.16. The van der Waals surface area contributed by atoms with E-state index >= 15 is 0 Å². The predicted molar refractivity (Wildman–Crippen MR) is 162 cm³/mol. The van der Waals surface area contributed by atoms with E-state index in [2.05, 4.69) is 122 Å². The Bertz CT molecular complexity index is 1010. The molecule has 4 aliphatic heterocycles. The van der Waals surface area contributed by atoms with E-state index in [0.29, 0.717) is 36.3 Å². The van der Waals surface area contributed by atoms with Gasteiger partial charge in [0.1, 0.15) is 0 Å². The second-order valence-corrected chi connectivity index (χ2v) is 11.8. The fraction of sp³-hybridized carbons (Fsp3) is 0.455. The van der Waals surface area contributed by atoms with Gasteiger partial charge in [-0.1, -0.05) is 54.6 Å². The molecular formula is C33H42N6. The first kappa shape index (κ1) is 24.9. The molecule has 6 heteroatoms. The summed E-state index contributed by atoms with van der Waals surface area (Å²) >= 11 is 0. The van der Waals surface area contributed by atoms with E-state index in [0.717, 1.165) is 39.3 Å². The van der Waals surface area contributed by atoms with Gasteiger partial charge in [0.2, 0.25) is 0 Å². The number of fused-ring (bicyclic) bond motifs is 6. The number of hydrogen-bond acceptors (Lipinski definition) is 6. The Balaban J connectivity index is 1.35. The van der Waals surface area contributed by atoms with Crippen LogP contribution in [0.4, 0.5) is 17.1 Å². The molecular weight excluding hydrogens is 480 g/mol. The van der Waals surface area contributed by atoms with E-state index in [1.54, 1.807) is 0 Å². The van der Waals surface area contributed by atoms with Crippen molar-refractivity contribution >= 4 is 17.1 Å². The number of benzene rings is 3.